The van der Waals surface area contributed by atoms with E-state index in [1.807, 2.05) is 0 Å². The van der Waals surface area contributed by atoms with E-state index >= 15 is 0 Å². The van der Waals surface area contributed by atoms with Crippen LogP contribution in [0.25, 0.3) is 10.9 Å². The van der Waals surface area contributed by atoms with Gasteiger partial charge in [0.25, 0.3) is 0 Å². The molecule has 33 heavy (non-hydrogen) atoms. The van der Waals surface area contributed by atoms with Crippen LogP contribution in [0.4, 0.5) is 19.0 Å². The third kappa shape index (κ3) is 5.22. The van der Waals surface area contributed by atoms with Gasteiger partial charge in [0.1, 0.15) is 18.8 Å². The monoisotopic (exact) mass is 479 g/mol. The third-order valence-corrected chi connectivity index (χ3v) is 7.20. The van der Waals surface area contributed by atoms with Crippen molar-refractivity contribution in [2.45, 2.75) is 52.4 Å². The molecule has 2 N–H and O–H groups in total. The lowest BCUT2D eigenvalue weighted by Crippen LogP contribution is -2.25. The molecule has 3 rings (SSSR count). The predicted molar refractivity (Wildman–Crippen MR) is 127 cm³/mol. The molecular formula is C24H29F3N3O2P. The van der Waals surface area contributed by atoms with Crippen LogP contribution in [0.5, 0.6) is 0 Å². The summed E-state index contributed by atoms with van der Waals surface area (Å²) in [7, 11) is -2.78. The molecule has 0 aliphatic carbocycles. The minimum absolute atomic E-state index is 0.150. The van der Waals surface area contributed by atoms with Crippen LogP contribution in [0, 0.1) is 13.8 Å². The Morgan fingerprint density at radius 1 is 1.06 bits per heavy atom. The van der Waals surface area contributed by atoms with Gasteiger partial charge in [-0.2, -0.15) is 13.2 Å². The molecule has 1 aromatic heterocycles. The first-order valence-electron chi connectivity index (χ1n) is 10.5. The van der Waals surface area contributed by atoms with E-state index in [1.165, 1.54) is 13.0 Å². The number of aliphatic hydroxyl groups is 1. The Bertz CT molecular complexity index is 1260. The van der Waals surface area contributed by atoms with Crippen molar-refractivity contribution in [1.82, 2.24) is 9.97 Å². The van der Waals surface area contributed by atoms with Crippen LogP contribution in [0.15, 0.2) is 30.3 Å². The average Bonchev–Trinajstić information content (AvgIpc) is 2.64. The number of hydrogen-bond donors (Lipinski definition) is 2. The molecule has 0 aliphatic rings. The molecule has 3 aromatic rings. The molecule has 0 unspecified atom stereocenters. The zero-order valence-corrected chi connectivity index (χ0v) is 20.7. The predicted octanol–water partition coefficient (Wildman–Crippen LogP) is 5.91. The molecule has 9 heteroatoms. The average molecular weight is 479 g/mol. The van der Waals surface area contributed by atoms with Crippen LogP contribution in [0.2, 0.25) is 0 Å². The summed E-state index contributed by atoms with van der Waals surface area (Å²) in [5, 5.41) is 15.0. The lowest BCUT2D eigenvalue weighted by molar-refractivity contribution is -0.138. The highest BCUT2D eigenvalue weighted by Gasteiger charge is 2.33. The summed E-state index contributed by atoms with van der Waals surface area (Å²) >= 11 is 0. The first kappa shape index (κ1) is 25.2. The molecule has 1 heterocycles. The quantitative estimate of drug-likeness (QED) is 0.445. The first-order chi connectivity index (χ1) is 15.0. The number of fused-ring (bicyclic) bond motifs is 1. The summed E-state index contributed by atoms with van der Waals surface area (Å²) in [6.45, 7) is 11.4. The Hall–Kier alpha value is -2.44. The van der Waals surface area contributed by atoms with Crippen LogP contribution in [-0.2, 0) is 16.3 Å². The lowest BCUT2D eigenvalue weighted by Gasteiger charge is -2.25. The highest BCUT2D eigenvalue weighted by Crippen LogP contribution is 2.41. The number of aromatic nitrogens is 2. The van der Waals surface area contributed by atoms with Gasteiger partial charge in [-0.1, -0.05) is 12.1 Å². The van der Waals surface area contributed by atoms with Crippen LogP contribution in [0.3, 0.4) is 0 Å². The van der Waals surface area contributed by atoms with Crippen LogP contribution in [-0.4, -0.2) is 28.4 Å². The number of anilines is 1. The standard InChI is InChI=1S/C24H29F3N3O2P/c1-13-16(9-8-10-18(13)24(25,26)27)14(2)28-22-17-11-21(33(6,7)32)19(23(4,5)31)12-20(17)29-15(3)30-22/h8-12,14,31H,1-7H3,(H,28,29,30)/t14-/m1/s1. The molecule has 0 radical (unpaired) electrons. The maximum Gasteiger partial charge on any atom is 0.416 e. The number of rotatable bonds is 5. The number of alkyl halides is 3. The zero-order chi connectivity index (χ0) is 24.9. The molecule has 5 nitrogen and oxygen atoms in total. The van der Waals surface area contributed by atoms with E-state index in [1.54, 1.807) is 59.2 Å². The fraction of sp³-hybridized carbons (Fsp3) is 0.417. The maximum atomic E-state index is 13.4. The minimum atomic E-state index is -4.44. The molecule has 0 bridgehead atoms. The minimum Gasteiger partial charge on any atom is -0.386 e. The van der Waals surface area contributed by atoms with E-state index in [-0.39, 0.29) is 5.56 Å². The van der Waals surface area contributed by atoms with Crippen molar-refractivity contribution in [3.05, 3.63) is 58.4 Å². The van der Waals surface area contributed by atoms with Gasteiger partial charge < -0.3 is 15.0 Å². The molecule has 0 saturated carbocycles. The summed E-state index contributed by atoms with van der Waals surface area (Å²) < 4.78 is 53.2. The van der Waals surface area contributed by atoms with Crippen LogP contribution in [0.1, 0.15) is 54.9 Å². The first-order valence-corrected chi connectivity index (χ1v) is 13.1. The fourth-order valence-corrected chi connectivity index (χ4v) is 5.40. The highest BCUT2D eigenvalue weighted by atomic mass is 31.2. The van der Waals surface area contributed by atoms with Gasteiger partial charge in [0.2, 0.25) is 0 Å². The van der Waals surface area contributed by atoms with E-state index in [2.05, 4.69) is 15.3 Å². The maximum absolute atomic E-state index is 13.4. The van der Waals surface area contributed by atoms with E-state index in [0.717, 1.165) is 6.07 Å². The van der Waals surface area contributed by atoms with Gasteiger partial charge >= 0.3 is 6.18 Å². The lowest BCUT2D eigenvalue weighted by atomic mass is 9.96. The third-order valence-electron chi connectivity index (χ3n) is 5.67. The molecule has 2 aromatic carbocycles. The van der Waals surface area contributed by atoms with Crippen LogP contribution >= 0.6 is 7.14 Å². The molecule has 0 spiro atoms. The zero-order valence-electron chi connectivity index (χ0n) is 19.8. The van der Waals surface area contributed by atoms with Gasteiger partial charge in [-0.05, 0) is 82.8 Å². The second kappa shape index (κ2) is 8.41. The van der Waals surface area contributed by atoms with Gasteiger partial charge in [-0.25, -0.2) is 9.97 Å². The normalized spacial score (nSPS) is 13.9. The van der Waals surface area contributed by atoms with Gasteiger partial charge in [0.05, 0.1) is 22.7 Å². The van der Waals surface area contributed by atoms with Crippen molar-refractivity contribution in [3.8, 4) is 0 Å². The molecule has 0 amide bonds. The topological polar surface area (TPSA) is 75.1 Å². The van der Waals surface area contributed by atoms with E-state index in [9.17, 15) is 22.8 Å². The number of nitrogens with one attached hydrogen (secondary N) is 1. The van der Waals surface area contributed by atoms with Crippen LogP contribution < -0.4 is 10.6 Å². The largest absolute Gasteiger partial charge is 0.416 e. The van der Waals surface area contributed by atoms with Crippen molar-refractivity contribution in [2.75, 3.05) is 18.6 Å². The second-order valence-corrected chi connectivity index (χ2v) is 12.5. The van der Waals surface area contributed by atoms with Crippen molar-refractivity contribution >= 4 is 29.2 Å². The van der Waals surface area contributed by atoms with Gasteiger partial charge in [-0.15, -0.1) is 0 Å². The molecule has 1 atom stereocenters. The summed E-state index contributed by atoms with van der Waals surface area (Å²) in [6.07, 6.45) is -4.44. The Morgan fingerprint density at radius 3 is 2.24 bits per heavy atom. The summed E-state index contributed by atoms with van der Waals surface area (Å²) in [4.78, 5) is 8.96. The number of aryl methyl sites for hydroxylation is 1. The molecule has 0 aliphatic heterocycles. The van der Waals surface area contributed by atoms with Gasteiger partial charge in [-0.3, -0.25) is 0 Å². The Morgan fingerprint density at radius 2 is 1.70 bits per heavy atom. The van der Waals surface area contributed by atoms with E-state index in [4.69, 9.17) is 0 Å². The van der Waals surface area contributed by atoms with Crippen molar-refractivity contribution < 1.29 is 22.8 Å². The number of benzene rings is 2. The highest BCUT2D eigenvalue weighted by molar-refractivity contribution is 7.70. The van der Waals surface area contributed by atoms with E-state index in [0.29, 0.717) is 39.0 Å². The SMILES string of the molecule is Cc1nc(N[C@H](C)c2cccc(C(F)(F)F)c2C)c2cc(P(C)(C)=O)c(C(C)(C)O)cc2n1. The van der Waals surface area contributed by atoms with Gasteiger partial charge in [0, 0.05) is 10.7 Å². The van der Waals surface area contributed by atoms with Crippen molar-refractivity contribution in [2.24, 2.45) is 0 Å². The van der Waals surface area contributed by atoms with Crippen molar-refractivity contribution in [1.29, 1.82) is 0 Å². The Balaban J connectivity index is 2.18. The van der Waals surface area contributed by atoms with Gasteiger partial charge in [0.15, 0.2) is 0 Å². The number of halogens is 3. The number of nitrogens with zero attached hydrogens (tertiary/aromatic N) is 2. The molecule has 0 fully saturated rings. The molecule has 178 valence electrons. The Kier molecular flexibility index (Phi) is 6.42. The summed E-state index contributed by atoms with van der Waals surface area (Å²) in [6, 6.07) is 7.06. The number of hydrogen-bond acceptors (Lipinski definition) is 5. The molecular weight excluding hydrogens is 450 g/mol. The van der Waals surface area contributed by atoms with E-state index < -0.39 is 30.5 Å². The summed E-state index contributed by atoms with van der Waals surface area (Å²) in [5.74, 6) is 0.891. The van der Waals surface area contributed by atoms with Crippen molar-refractivity contribution in [3.63, 3.8) is 0 Å². The second-order valence-electron chi connectivity index (χ2n) is 9.30. The smallest absolute Gasteiger partial charge is 0.386 e. The Labute approximate surface area is 191 Å². The molecule has 0 saturated heterocycles. The fourth-order valence-electron chi connectivity index (χ4n) is 4.04. The summed E-state index contributed by atoms with van der Waals surface area (Å²) in [5.41, 5.74) is -0.190.